The zero-order valence-corrected chi connectivity index (χ0v) is 18.4. The molecule has 0 spiro atoms. The molecule has 27 heavy (non-hydrogen) atoms. The zero-order valence-electron chi connectivity index (χ0n) is 15.8. The lowest BCUT2D eigenvalue weighted by molar-refractivity contribution is 0.613. The van der Waals surface area contributed by atoms with Crippen LogP contribution in [0.4, 0.5) is 0 Å². The lowest BCUT2D eigenvalue weighted by Crippen LogP contribution is -2.32. The topological polar surface area (TPSA) is 34.1 Å². The SMILES string of the molecule is CP(C)C(=P(c1ccccc1)(c1ccccc1)c1ccccc1)S(C)(=O)=O. The molecule has 0 unspecified atom stereocenters. The first kappa shape index (κ1) is 20.1. The molecule has 0 aliphatic rings. The highest BCUT2D eigenvalue weighted by molar-refractivity contribution is 8.32. The maximum absolute atomic E-state index is 13.1. The van der Waals surface area contributed by atoms with E-state index in [2.05, 4.69) is 49.7 Å². The van der Waals surface area contributed by atoms with Crippen LogP contribution in [-0.2, 0) is 9.84 Å². The molecule has 0 heterocycles. The minimum atomic E-state index is -3.37. The Kier molecular flexibility index (Phi) is 6.06. The van der Waals surface area contributed by atoms with Crippen molar-refractivity contribution in [2.75, 3.05) is 19.6 Å². The van der Waals surface area contributed by atoms with Gasteiger partial charge in [0.25, 0.3) is 0 Å². The minimum Gasteiger partial charge on any atom is -0.224 e. The van der Waals surface area contributed by atoms with Crippen LogP contribution in [0.3, 0.4) is 0 Å². The first-order valence-electron chi connectivity index (χ1n) is 8.69. The molecule has 140 valence electrons. The van der Waals surface area contributed by atoms with Gasteiger partial charge in [0, 0.05) is 6.26 Å². The third kappa shape index (κ3) is 3.83. The van der Waals surface area contributed by atoms with Gasteiger partial charge < -0.3 is 0 Å². The highest BCUT2D eigenvalue weighted by atomic mass is 32.2. The van der Waals surface area contributed by atoms with Gasteiger partial charge in [0.05, 0.1) is 4.37 Å². The summed E-state index contributed by atoms with van der Waals surface area (Å²) in [4.78, 5) is 0. The predicted molar refractivity (Wildman–Crippen MR) is 124 cm³/mol. The Hall–Kier alpha value is -1.66. The molecule has 3 rings (SSSR count). The van der Waals surface area contributed by atoms with Crippen molar-refractivity contribution in [2.24, 2.45) is 0 Å². The monoisotopic (exact) mass is 414 g/mol. The van der Waals surface area contributed by atoms with Crippen LogP contribution in [0, 0.1) is 0 Å². The van der Waals surface area contributed by atoms with Gasteiger partial charge in [-0.1, -0.05) is 98.9 Å². The maximum Gasteiger partial charge on any atom is 0.176 e. The molecule has 5 heteroatoms. The summed E-state index contributed by atoms with van der Waals surface area (Å²) in [6, 6.07) is 30.5. The molecular formula is C22H24O2P2S. The van der Waals surface area contributed by atoms with Crippen LogP contribution in [0.25, 0.3) is 0 Å². The molecule has 2 nitrogen and oxygen atoms in total. The largest absolute Gasteiger partial charge is 0.224 e. The number of hydrogen-bond acceptors (Lipinski definition) is 2. The van der Waals surface area contributed by atoms with E-state index in [1.807, 2.05) is 54.6 Å². The van der Waals surface area contributed by atoms with Crippen molar-refractivity contribution in [1.29, 1.82) is 0 Å². The zero-order chi connectivity index (χ0) is 19.5. The summed E-state index contributed by atoms with van der Waals surface area (Å²) in [6.45, 7) is 1.62. The first-order valence-corrected chi connectivity index (χ1v) is 14.6. The second kappa shape index (κ2) is 8.15. The van der Waals surface area contributed by atoms with Crippen molar-refractivity contribution < 1.29 is 8.42 Å². The molecular weight excluding hydrogens is 390 g/mol. The Morgan fingerprint density at radius 1 is 0.667 bits per heavy atom. The Balaban J connectivity index is 2.69. The van der Waals surface area contributed by atoms with Crippen molar-refractivity contribution in [3.05, 3.63) is 91.0 Å². The van der Waals surface area contributed by atoms with E-state index in [-0.39, 0.29) is 0 Å². The quantitative estimate of drug-likeness (QED) is 0.595. The fraction of sp³-hybridized carbons (Fsp3) is 0.136. The van der Waals surface area contributed by atoms with Crippen LogP contribution < -0.4 is 15.9 Å². The summed E-state index contributed by atoms with van der Waals surface area (Å²) in [5, 5.41) is 3.25. The van der Waals surface area contributed by atoms with Crippen LogP contribution in [0.2, 0.25) is 0 Å². The molecule has 0 aromatic heterocycles. The van der Waals surface area contributed by atoms with Gasteiger partial charge in [0.15, 0.2) is 9.84 Å². The molecule has 0 saturated carbocycles. The van der Waals surface area contributed by atoms with E-state index in [0.717, 1.165) is 15.9 Å². The van der Waals surface area contributed by atoms with Gasteiger partial charge in [0.1, 0.15) is 0 Å². The van der Waals surface area contributed by atoms with E-state index in [1.165, 1.54) is 6.26 Å². The van der Waals surface area contributed by atoms with Gasteiger partial charge >= 0.3 is 0 Å². The molecule has 0 N–H and O–H groups in total. The number of benzene rings is 3. The maximum atomic E-state index is 13.1. The Bertz CT molecular complexity index is 956. The lowest BCUT2D eigenvalue weighted by Gasteiger charge is -2.33. The first-order chi connectivity index (χ1) is 12.9. The fourth-order valence-electron chi connectivity index (χ4n) is 3.61. The van der Waals surface area contributed by atoms with Crippen molar-refractivity contribution in [2.45, 2.75) is 0 Å². The Labute approximate surface area is 163 Å². The van der Waals surface area contributed by atoms with Crippen molar-refractivity contribution >= 4 is 44.9 Å². The van der Waals surface area contributed by atoms with Crippen LogP contribution >= 0.6 is 14.8 Å². The van der Waals surface area contributed by atoms with E-state index in [9.17, 15) is 8.42 Å². The molecule has 0 saturated heterocycles. The fourth-order valence-corrected chi connectivity index (χ4v) is 16.1. The minimum absolute atomic E-state index is 0.689. The van der Waals surface area contributed by atoms with E-state index in [1.54, 1.807) is 0 Å². The van der Waals surface area contributed by atoms with Gasteiger partial charge in [-0.25, -0.2) is 8.42 Å². The van der Waals surface area contributed by atoms with Crippen LogP contribution in [0.5, 0.6) is 0 Å². The van der Waals surface area contributed by atoms with E-state index < -0.39 is 24.6 Å². The van der Waals surface area contributed by atoms with Gasteiger partial charge in [0.2, 0.25) is 0 Å². The van der Waals surface area contributed by atoms with Crippen LogP contribution in [0.1, 0.15) is 0 Å². The summed E-state index contributed by atoms with van der Waals surface area (Å²) in [6.07, 6.45) is 1.37. The smallest absolute Gasteiger partial charge is 0.176 e. The summed E-state index contributed by atoms with van der Waals surface area (Å²) >= 11 is 0. The number of sulfone groups is 1. The van der Waals surface area contributed by atoms with Gasteiger partial charge in [-0.05, 0) is 36.1 Å². The molecule has 0 amide bonds. The summed E-state index contributed by atoms with van der Waals surface area (Å²) < 4.78 is 27.0. The van der Waals surface area contributed by atoms with Gasteiger partial charge in [-0.15, -0.1) is 0 Å². The molecule has 0 bridgehead atoms. The average molecular weight is 414 g/mol. The van der Waals surface area contributed by atoms with E-state index >= 15 is 0 Å². The number of rotatable bonds is 5. The molecule has 0 atom stereocenters. The summed E-state index contributed by atoms with van der Waals surface area (Å²) in [5.74, 6) is 0. The molecule has 3 aromatic rings. The highest BCUT2D eigenvalue weighted by Gasteiger charge is 2.35. The average Bonchev–Trinajstić information content (AvgIpc) is 2.66. The van der Waals surface area contributed by atoms with Crippen molar-refractivity contribution in [3.63, 3.8) is 0 Å². The normalized spacial score (nSPS) is 12.1. The second-order valence-corrected chi connectivity index (χ2v) is 15.1. The standard InChI is InChI=1S/C22H24O2P2S/c1-25(2)22(27(3,23)24)26(19-13-7-4-8-14-19,20-15-9-5-10-16-20)21-17-11-6-12-18-21/h4-18H,1-3H3. The molecule has 0 fully saturated rings. The molecule has 3 aromatic carbocycles. The van der Waals surface area contributed by atoms with Gasteiger partial charge in [-0.3, -0.25) is 0 Å². The van der Waals surface area contributed by atoms with Crippen molar-refractivity contribution in [3.8, 4) is 0 Å². The summed E-state index contributed by atoms with van der Waals surface area (Å²) in [5.41, 5.74) is 0. The molecule has 0 aliphatic heterocycles. The van der Waals surface area contributed by atoms with Crippen LogP contribution in [0.15, 0.2) is 91.0 Å². The second-order valence-electron chi connectivity index (χ2n) is 6.63. The highest BCUT2D eigenvalue weighted by Crippen LogP contribution is 2.54. The van der Waals surface area contributed by atoms with Crippen LogP contribution in [-0.4, -0.2) is 32.4 Å². The van der Waals surface area contributed by atoms with Crippen molar-refractivity contribution in [1.82, 2.24) is 0 Å². The van der Waals surface area contributed by atoms with E-state index in [0.29, 0.717) is 4.37 Å². The number of hydrogen-bond donors (Lipinski definition) is 0. The Morgan fingerprint density at radius 2 is 0.963 bits per heavy atom. The summed E-state index contributed by atoms with van der Waals surface area (Å²) in [7, 11) is -4.20. The Morgan fingerprint density at radius 3 is 1.19 bits per heavy atom. The van der Waals surface area contributed by atoms with Gasteiger partial charge in [-0.2, -0.15) is 0 Å². The molecule has 0 radical (unpaired) electrons. The lowest BCUT2D eigenvalue weighted by atomic mass is 10.4. The third-order valence-electron chi connectivity index (χ3n) is 4.43. The predicted octanol–water partition coefficient (Wildman–Crippen LogP) is 3.85. The van der Waals surface area contributed by atoms with E-state index in [4.69, 9.17) is 0 Å². The third-order valence-corrected chi connectivity index (χ3v) is 15.7. The molecule has 0 aliphatic carbocycles.